The van der Waals surface area contributed by atoms with Crippen LogP contribution < -0.4 is 5.32 Å². The molecule has 8 heteroatoms. The highest BCUT2D eigenvalue weighted by atomic mass is 35.5. The van der Waals surface area contributed by atoms with Crippen molar-refractivity contribution in [2.24, 2.45) is 0 Å². The molecule has 0 fully saturated rings. The topological polar surface area (TPSA) is 62.7 Å². The van der Waals surface area contributed by atoms with Crippen molar-refractivity contribution in [3.8, 4) is 10.7 Å². The van der Waals surface area contributed by atoms with Crippen LogP contribution in [-0.4, -0.2) is 20.7 Å². The number of hydrogen-bond acceptors (Lipinski definition) is 4. The molecule has 0 radical (unpaired) electrons. The Morgan fingerprint density at radius 3 is 2.92 bits per heavy atom. The van der Waals surface area contributed by atoms with Gasteiger partial charge >= 0.3 is 0 Å². The van der Waals surface area contributed by atoms with Crippen LogP contribution in [0.3, 0.4) is 0 Å². The van der Waals surface area contributed by atoms with Crippen molar-refractivity contribution >= 4 is 41.1 Å². The number of carbonyl (C=O) groups is 1. The molecule has 0 aliphatic carbocycles. The van der Waals surface area contributed by atoms with Crippen molar-refractivity contribution < 1.29 is 4.79 Å². The molecule has 1 aromatic carbocycles. The second-order valence-electron chi connectivity index (χ2n) is 5.18. The van der Waals surface area contributed by atoms with Crippen LogP contribution in [0.5, 0.6) is 0 Å². The van der Waals surface area contributed by atoms with E-state index in [1.807, 2.05) is 35.7 Å². The van der Waals surface area contributed by atoms with Crippen LogP contribution in [0.15, 0.2) is 41.8 Å². The number of thiophene rings is 1. The van der Waals surface area contributed by atoms with E-state index in [9.17, 15) is 4.79 Å². The normalized spacial score (nSPS) is 12.1. The Bertz CT molecular complexity index is 901. The predicted octanol–water partition coefficient (Wildman–Crippen LogP) is 4.20. The number of aromatic amines is 1. The maximum atomic E-state index is 12.5. The summed E-state index contributed by atoms with van der Waals surface area (Å²) in [5.74, 6) is 0.514. The van der Waals surface area contributed by atoms with E-state index in [1.54, 1.807) is 28.9 Å². The molecule has 124 valence electrons. The first-order valence-electron chi connectivity index (χ1n) is 7.30. The lowest BCUT2D eigenvalue weighted by molar-refractivity contribution is -0.124. The van der Waals surface area contributed by atoms with Gasteiger partial charge in [0, 0.05) is 11.6 Å². The number of benzene rings is 1. The van der Waals surface area contributed by atoms with Crippen molar-refractivity contribution in [2.45, 2.75) is 19.5 Å². The zero-order chi connectivity index (χ0) is 17.1. The number of hydrogen-bond donors (Lipinski definition) is 2. The molecule has 5 nitrogen and oxygen atoms in total. The minimum Gasteiger partial charge on any atom is -0.350 e. The third-order valence-electron chi connectivity index (χ3n) is 3.62. The molecule has 2 N–H and O–H groups in total. The number of halogens is 1. The molecular formula is C16H15ClN4OS2. The number of H-pyrrole nitrogens is 1. The van der Waals surface area contributed by atoms with Gasteiger partial charge in [0.25, 0.3) is 0 Å². The van der Waals surface area contributed by atoms with E-state index in [0.717, 1.165) is 10.4 Å². The molecule has 0 saturated heterocycles. The van der Waals surface area contributed by atoms with Gasteiger partial charge in [0.2, 0.25) is 5.91 Å². The molecule has 2 heterocycles. The molecule has 0 aliphatic heterocycles. The SMILES string of the molecule is C[C@H](C(=O)NCc1ccccc1Cl)n1c(-c2cccs2)n[nH]c1=S. The van der Waals surface area contributed by atoms with Crippen LogP contribution in [0.25, 0.3) is 10.7 Å². The summed E-state index contributed by atoms with van der Waals surface area (Å²) in [6.07, 6.45) is 0. The van der Waals surface area contributed by atoms with Gasteiger partial charge < -0.3 is 5.32 Å². The minimum absolute atomic E-state index is 0.148. The zero-order valence-corrected chi connectivity index (χ0v) is 15.2. The molecule has 0 unspecified atom stereocenters. The monoisotopic (exact) mass is 378 g/mol. The zero-order valence-electron chi connectivity index (χ0n) is 12.8. The largest absolute Gasteiger partial charge is 0.350 e. The molecule has 0 aliphatic rings. The fourth-order valence-electron chi connectivity index (χ4n) is 2.33. The molecule has 0 saturated carbocycles. The fraction of sp³-hybridized carbons (Fsp3) is 0.188. The van der Waals surface area contributed by atoms with Crippen LogP contribution in [0.1, 0.15) is 18.5 Å². The van der Waals surface area contributed by atoms with Gasteiger partial charge in [-0.2, -0.15) is 5.10 Å². The quantitative estimate of drug-likeness (QED) is 0.654. The molecule has 0 bridgehead atoms. The highest BCUT2D eigenvalue weighted by Crippen LogP contribution is 2.25. The first-order valence-corrected chi connectivity index (χ1v) is 8.96. The van der Waals surface area contributed by atoms with Gasteiger partial charge in [-0.05, 0) is 42.2 Å². The summed E-state index contributed by atoms with van der Waals surface area (Å²) in [5, 5.41) is 12.5. The number of aromatic nitrogens is 3. The first kappa shape index (κ1) is 16.9. The Hall–Kier alpha value is -1.96. The molecule has 1 atom stereocenters. The van der Waals surface area contributed by atoms with Gasteiger partial charge in [-0.1, -0.05) is 35.9 Å². The maximum Gasteiger partial charge on any atom is 0.243 e. The Morgan fingerprint density at radius 2 is 2.21 bits per heavy atom. The summed E-state index contributed by atoms with van der Waals surface area (Å²) in [4.78, 5) is 13.5. The maximum absolute atomic E-state index is 12.5. The summed E-state index contributed by atoms with van der Waals surface area (Å²) in [6, 6.07) is 10.8. The smallest absolute Gasteiger partial charge is 0.243 e. The van der Waals surface area contributed by atoms with Gasteiger partial charge in [0.05, 0.1) is 4.88 Å². The molecule has 3 aromatic rings. The molecule has 24 heavy (non-hydrogen) atoms. The van der Waals surface area contributed by atoms with E-state index in [4.69, 9.17) is 23.8 Å². The van der Waals surface area contributed by atoms with Gasteiger partial charge in [-0.25, -0.2) is 0 Å². The summed E-state index contributed by atoms with van der Waals surface area (Å²) in [6.45, 7) is 2.16. The standard InChI is InChI=1S/C16H15ClN4OS2/c1-10(15(22)18-9-11-5-2-3-6-12(11)17)21-14(19-20-16(21)23)13-7-4-8-24-13/h2-8,10H,9H2,1H3,(H,18,22)(H,20,23)/t10-/m1/s1. The fourth-order valence-corrected chi connectivity index (χ4v) is 3.54. The van der Waals surface area contributed by atoms with Crippen LogP contribution in [0.2, 0.25) is 5.02 Å². The number of carbonyl (C=O) groups excluding carboxylic acids is 1. The third-order valence-corrected chi connectivity index (χ3v) is 5.15. The lowest BCUT2D eigenvalue weighted by Crippen LogP contribution is -2.31. The van der Waals surface area contributed by atoms with E-state index >= 15 is 0 Å². The molecule has 1 amide bonds. The second kappa shape index (κ2) is 7.29. The predicted molar refractivity (Wildman–Crippen MR) is 98.7 cm³/mol. The number of amides is 1. The summed E-state index contributed by atoms with van der Waals surface area (Å²) >= 11 is 13.0. The van der Waals surface area contributed by atoms with Gasteiger partial charge in [0.1, 0.15) is 6.04 Å². The molecular weight excluding hydrogens is 364 g/mol. The first-order chi connectivity index (χ1) is 11.6. The van der Waals surface area contributed by atoms with Crippen molar-refractivity contribution in [3.05, 3.63) is 57.1 Å². The highest BCUT2D eigenvalue weighted by molar-refractivity contribution is 7.71. The minimum atomic E-state index is -0.490. The van der Waals surface area contributed by atoms with Crippen molar-refractivity contribution in [3.63, 3.8) is 0 Å². The molecule has 2 aromatic heterocycles. The van der Waals surface area contributed by atoms with Crippen molar-refractivity contribution in [1.82, 2.24) is 20.1 Å². The Morgan fingerprint density at radius 1 is 1.42 bits per heavy atom. The van der Waals surface area contributed by atoms with E-state index < -0.39 is 6.04 Å². The molecule has 0 spiro atoms. The van der Waals surface area contributed by atoms with Crippen LogP contribution in [0, 0.1) is 4.77 Å². The Labute approximate surface area is 153 Å². The second-order valence-corrected chi connectivity index (χ2v) is 6.93. The van der Waals surface area contributed by atoms with Crippen molar-refractivity contribution in [1.29, 1.82) is 0 Å². The van der Waals surface area contributed by atoms with Crippen molar-refractivity contribution in [2.75, 3.05) is 0 Å². The van der Waals surface area contributed by atoms with Gasteiger partial charge in [-0.15, -0.1) is 11.3 Å². The number of rotatable bonds is 5. The van der Waals surface area contributed by atoms with Crippen LogP contribution >= 0.6 is 35.2 Å². The van der Waals surface area contributed by atoms with E-state index in [0.29, 0.717) is 22.2 Å². The average molecular weight is 379 g/mol. The van der Waals surface area contributed by atoms with E-state index in [1.165, 1.54) is 0 Å². The number of nitrogens with zero attached hydrogens (tertiary/aromatic N) is 2. The van der Waals surface area contributed by atoms with E-state index in [2.05, 4.69) is 15.5 Å². The summed E-state index contributed by atoms with van der Waals surface area (Å²) < 4.78 is 2.14. The lowest BCUT2D eigenvalue weighted by Gasteiger charge is -2.15. The molecule has 3 rings (SSSR count). The van der Waals surface area contributed by atoms with Crippen LogP contribution in [-0.2, 0) is 11.3 Å². The lowest BCUT2D eigenvalue weighted by atomic mass is 10.2. The average Bonchev–Trinajstić information content (AvgIpc) is 3.22. The van der Waals surface area contributed by atoms with Gasteiger partial charge in [-0.3, -0.25) is 14.5 Å². The van der Waals surface area contributed by atoms with E-state index in [-0.39, 0.29) is 5.91 Å². The van der Waals surface area contributed by atoms with Crippen LogP contribution in [0.4, 0.5) is 0 Å². The third kappa shape index (κ3) is 3.43. The number of nitrogens with one attached hydrogen (secondary N) is 2. The Balaban J connectivity index is 1.78. The summed E-state index contributed by atoms with van der Waals surface area (Å²) in [5.41, 5.74) is 0.869. The highest BCUT2D eigenvalue weighted by Gasteiger charge is 2.21. The summed E-state index contributed by atoms with van der Waals surface area (Å²) in [7, 11) is 0. The Kier molecular flexibility index (Phi) is 5.13. The van der Waals surface area contributed by atoms with Gasteiger partial charge in [0.15, 0.2) is 10.6 Å².